The number of nitrogens with one attached hydrogen (secondary N) is 1. The summed E-state index contributed by atoms with van der Waals surface area (Å²) in [5.74, 6) is 1.80. The van der Waals surface area contributed by atoms with E-state index in [-0.39, 0.29) is 11.3 Å². The number of tetrazole rings is 1. The summed E-state index contributed by atoms with van der Waals surface area (Å²) in [6, 6.07) is 0. The second kappa shape index (κ2) is 4.75. The SMILES string of the molecule is O=C(N1CCN(CC2CC2)CC1)C1(c2nn[nH]n2)CC12CCC2. The van der Waals surface area contributed by atoms with Crippen LogP contribution in [-0.2, 0) is 10.2 Å². The summed E-state index contributed by atoms with van der Waals surface area (Å²) in [6.45, 7) is 4.94. The first kappa shape index (κ1) is 13.9. The van der Waals surface area contributed by atoms with E-state index in [1.165, 1.54) is 25.8 Å². The van der Waals surface area contributed by atoms with Crippen LogP contribution in [0.4, 0.5) is 0 Å². The zero-order chi connectivity index (χ0) is 15.5. The predicted octanol–water partition coefficient (Wildman–Crippen LogP) is 0.566. The number of hydrogen-bond donors (Lipinski definition) is 1. The zero-order valence-electron chi connectivity index (χ0n) is 13.5. The van der Waals surface area contributed by atoms with Gasteiger partial charge in [0.25, 0.3) is 0 Å². The van der Waals surface area contributed by atoms with Crippen LogP contribution in [0.15, 0.2) is 0 Å². The van der Waals surface area contributed by atoms with Crippen LogP contribution in [0.3, 0.4) is 0 Å². The number of carbonyl (C=O) groups excluding carboxylic acids is 1. The first-order valence-electron chi connectivity index (χ1n) is 8.99. The predicted molar refractivity (Wildman–Crippen MR) is 82.5 cm³/mol. The fourth-order valence-electron chi connectivity index (χ4n) is 4.80. The molecule has 0 aromatic carbocycles. The van der Waals surface area contributed by atoms with Crippen molar-refractivity contribution >= 4 is 5.91 Å². The summed E-state index contributed by atoms with van der Waals surface area (Å²) in [6.07, 6.45) is 7.19. The monoisotopic (exact) mass is 316 g/mol. The molecule has 1 aliphatic heterocycles. The van der Waals surface area contributed by atoms with Crippen LogP contribution in [0.2, 0.25) is 0 Å². The number of rotatable bonds is 4. The summed E-state index contributed by atoms with van der Waals surface area (Å²) in [5.41, 5.74) is -0.337. The molecule has 5 rings (SSSR count). The van der Waals surface area contributed by atoms with Crippen molar-refractivity contribution in [2.75, 3.05) is 32.7 Å². The van der Waals surface area contributed by atoms with Crippen molar-refractivity contribution in [1.82, 2.24) is 30.4 Å². The van der Waals surface area contributed by atoms with Crippen LogP contribution in [0.25, 0.3) is 0 Å². The number of aromatic amines is 1. The highest BCUT2D eigenvalue weighted by Gasteiger charge is 2.77. The average Bonchev–Trinajstić information content (AvgIpc) is 3.43. The van der Waals surface area contributed by atoms with Crippen molar-refractivity contribution in [2.24, 2.45) is 11.3 Å². The molecule has 1 unspecified atom stereocenters. The molecule has 1 N–H and O–H groups in total. The molecule has 1 aromatic rings. The number of aromatic nitrogens is 4. The van der Waals surface area contributed by atoms with Crippen molar-refractivity contribution in [3.63, 3.8) is 0 Å². The van der Waals surface area contributed by atoms with Crippen molar-refractivity contribution in [2.45, 2.75) is 43.9 Å². The molecule has 2 heterocycles. The van der Waals surface area contributed by atoms with Gasteiger partial charge in [-0.05, 0) is 43.4 Å². The molecule has 7 heteroatoms. The van der Waals surface area contributed by atoms with Crippen LogP contribution in [0.1, 0.15) is 44.3 Å². The molecule has 7 nitrogen and oxygen atoms in total. The van der Waals surface area contributed by atoms with E-state index in [0.717, 1.165) is 51.4 Å². The molecule has 1 saturated heterocycles. The van der Waals surface area contributed by atoms with Crippen molar-refractivity contribution in [3.05, 3.63) is 5.82 Å². The van der Waals surface area contributed by atoms with Gasteiger partial charge in [0, 0.05) is 32.7 Å². The van der Waals surface area contributed by atoms with E-state index in [1.807, 2.05) is 0 Å². The van der Waals surface area contributed by atoms with E-state index in [1.54, 1.807) is 0 Å². The highest BCUT2D eigenvalue weighted by molar-refractivity contribution is 5.92. The Kier molecular flexibility index (Phi) is 2.87. The summed E-state index contributed by atoms with van der Waals surface area (Å²) in [4.78, 5) is 17.9. The first-order chi connectivity index (χ1) is 11.2. The highest BCUT2D eigenvalue weighted by atomic mass is 16.2. The van der Waals surface area contributed by atoms with Gasteiger partial charge >= 0.3 is 0 Å². The number of piperazine rings is 1. The molecular formula is C16H24N6O. The van der Waals surface area contributed by atoms with Gasteiger partial charge in [-0.25, -0.2) is 0 Å². The van der Waals surface area contributed by atoms with E-state index in [4.69, 9.17) is 0 Å². The lowest BCUT2D eigenvalue weighted by molar-refractivity contribution is -0.137. The topological polar surface area (TPSA) is 78.0 Å². The Morgan fingerprint density at radius 3 is 2.52 bits per heavy atom. The maximum absolute atomic E-state index is 13.3. The Morgan fingerprint density at radius 2 is 2.00 bits per heavy atom. The Morgan fingerprint density at radius 1 is 1.22 bits per heavy atom. The molecule has 1 spiro atoms. The van der Waals surface area contributed by atoms with E-state index >= 15 is 0 Å². The molecule has 0 bridgehead atoms. The van der Waals surface area contributed by atoms with Crippen LogP contribution < -0.4 is 0 Å². The number of carbonyl (C=O) groups is 1. The quantitative estimate of drug-likeness (QED) is 0.878. The maximum atomic E-state index is 13.3. The van der Waals surface area contributed by atoms with Crippen LogP contribution in [-0.4, -0.2) is 69.1 Å². The fraction of sp³-hybridized carbons (Fsp3) is 0.875. The van der Waals surface area contributed by atoms with Gasteiger partial charge in [0.05, 0.1) is 0 Å². The van der Waals surface area contributed by atoms with E-state index in [0.29, 0.717) is 5.82 Å². The van der Waals surface area contributed by atoms with E-state index in [9.17, 15) is 4.79 Å². The zero-order valence-corrected chi connectivity index (χ0v) is 13.5. The lowest BCUT2D eigenvalue weighted by Gasteiger charge is -2.38. The highest BCUT2D eigenvalue weighted by Crippen LogP contribution is 2.74. The average molecular weight is 316 g/mol. The third-order valence-corrected chi connectivity index (χ3v) is 6.66. The summed E-state index contributed by atoms with van der Waals surface area (Å²) >= 11 is 0. The van der Waals surface area contributed by atoms with Crippen molar-refractivity contribution in [3.8, 4) is 0 Å². The van der Waals surface area contributed by atoms with Gasteiger partial charge in [-0.15, -0.1) is 10.2 Å². The summed E-state index contributed by atoms with van der Waals surface area (Å²) in [5, 5.41) is 14.7. The lowest BCUT2D eigenvalue weighted by atomic mass is 9.74. The minimum Gasteiger partial charge on any atom is -0.339 e. The number of amides is 1. The Labute approximate surface area is 135 Å². The van der Waals surface area contributed by atoms with Crippen LogP contribution in [0, 0.1) is 11.3 Å². The Hall–Kier alpha value is -1.50. The lowest BCUT2D eigenvalue weighted by Crippen LogP contribution is -2.53. The van der Waals surface area contributed by atoms with E-state index in [2.05, 4.69) is 30.4 Å². The first-order valence-corrected chi connectivity index (χ1v) is 8.99. The number of nitrogens with zero attached hydrogens (tertiary/aromatic N) is 5. The molecule has 3 aliphatic carbocycles. The van der Waals surface area contributed by atoms with Crippen LogP contribution in [0.5, 0.6) is 0 Å². The molecule has 1 aromatic heterocycles. The van der Waals surface area contributed by atoms with Crippen LogP contribution >= 0.6 is 0 Å². The number of H-pyrrole nitrogens is 1. The van der Waals surface area contributed by atoms with Gasteiger partial charge in [-0.3, -0.25) is 9.69 Å². The third-order valence-electron chi connectivity index (χ3n) is 6.66. The second-order valence-corrected chi connectivity index (χ2v) is 7.99. The number of hydrogen-bond acceptors (Lipinski definition) is 5. The minimum absolute atomic E-state index is 0.138. The molecule has 1 amide bonds. The summed E-state index contributed by atoms with van der Waals surface area (Å²) in [7, 11) is 0. The molecule has 23 heavy (non-hydrogen) atoms. The molecule has 3 saturated carbocycles. The molecule has 4 aliphatic rings. The largest absolute Gasteiger partial charge is 0.339 e. The third kappa shape index (κ3) is 1.98. The maximum Gasteiger partial charge on any atom is 0.237 e. The Bertz CT molecular complexity index is 600. The molecule has 0 radical (unpaired) electrons. The van der Waals surface area contributed by atoms with Gasteiger partial charge in [0.15, 0.2) is 5.82 Å². The molecule has 124 valence electrons. The van der Waals surface area contributed by atoms with Crippen molar-refractivity contribution in [1.29, 1.82) is 0 Å². The Balaban J connectivity index is 1.31. The van der Waals surface area contributed by atoms with Gasteiger partial charge < -0.3 is 4.90 Å². The molecule has 1 atom stereocenters. The second-order valence-electron chi connectivity index (χ2n) is 7.99. The van der Waals surface area contributed by atoms with E-state index < -0.39 is 5.41 Å². The minimum atomic E-state index is -0.475. The van der Waals surface area contributed by atoms with Crippen molar-refractivity contribution < 1.29 is 4.79 Å². The smallest absolute Gasteiger partial charge is 0.237 e. The molecular weight excluding hydrogens is 292 g/mol. The van der Waals surface area contributed by atoms with Gasteiger partial charge in [0.1, 0.15) is 5.41 Å². The van der Waals surface area contributed by atoms with Gasteiger partial charge in [-0.1, -0.05) is 11.6 Å². The standard InChI is InChI=1S/C16H24N6O/c23-14(22-8-6-21(7-9-22)10-12-2-3-12)16(13-17-19-20-18-13)11-15(16)4-1-5-15/h12H,1-11H2,(H,17,18,19,20). The molecule has 4 fully saturated rings. The van der Waals surface area contributed by atoms with Gasteiger partial charge in [-0.2, -0.15) is 5.21 Å². The summed E-state index contributed by atoms with van der Waals surface area (Å²) < 4.78 is 0. The fourth-order valence-corrected chi connectivity index (χ4v) is 4.80. The normalized spacial score (nSPS) is 32.8. The van der Waals surface area contributed by atoms with Gasteiger partial charge in [0.2, 0.25) is 5.91 Å².